The maximum Gasteiger partial charge on any atom is 0.326 e. The van der Waals surface area contributed by atoms with E-state index in [-0.39, 0.29) is 23.8 Å². The molecular weight excluding hydrogens is 287 g/mol. The molecular formula is C16H21FN2O3. The Morgan fingerprint density at radius 2 is 2.18 bits per heavy atom. The number of rotatable bonds is 5. The summed E-state index contributed by atoms with van der Waals surface area (Å²) in [6.07, 6.45) is 1.61. The second kappa shape index (κ2) is 7.35. The Morgan fingerprint density at radius 1 is 1.45 bits per heavy atom. The van der Waals surface area contributed by atoms with Gasteiger partial charge in [-0.1, -0.05) is 18.2 Å². The van der Waals surface area contributed by atoms with Crippen LogP contribution in [0.5, 0.6) is 0 Å². The minimum atomic E-state index is -1.15. The molecule has 2 rings (SSSR count). The maximum absolute atomic E-state index is 13.6. The van der Waals surface area contributed by atoms with E-state index in [0.29, 0.717) is 6.54 Å². The van der Waals surface area contributed by atoms with Gasteiger partial charge in [0.05, 0.1) is 5.92 Å². The van der Waals surface area contributed by atoms with E-state index in [2.05, 4.69) is 10.2 Å². The Morgan fingerprint density at radius 3 is 2.82 bits per heavy atom. The molecule has 2 N–H and O–H groups in total. The average molecular weight is 308 g/mol. The van der Waals surface area contributed by atoms with Crippen molar-refractivity contribution in [1.29, 1.82) is 0 Å². The van der Waals surface area contributed by atoms with E-state index in [1.165, 1.54) is 12.1 Å². The number of halogens is 1. The third-order valence-corrected chi connectivity index (χ3v) is 3.99. The molecule has 0 radical (unpaired) electrons. The van der Waals surface area contributed by atoms with Gasteiger partial charge in [-0.05, 0) is 38.1 Å². The van der Waals surface area contributed by atoms with Crippen molar-refractivity contribution in [3.63, 3.8) is 0 Å². The molecule has 2 unspecified atom stereocenters. The molecule has 1 aliphatic heterocycles. The van der Waals surface area contributed by atoms with Crippen LogP contribution in [0.4, 0.5) is 4.39 Å². The number of carbonyl (C=O) groups is 2. The van der Waals surface area contributed by atoms with Gasteiger partial charge in [-0.3, -0.25) is 4.79 Å². The van der Waals surface area contributed by atoms with Crippen molar-refractivity contribution in [2.45, 2.75) is 25.3 Å². The molecule has 1 aliphatic rings. The summed E-state index contributed by atoms with van der Waals surface area (Å²) < 4.78 is 13.6. The molecule has 0 spiro atoms. The molecule has 22 heavy (non-hydrogen) atoms. The van der Waals surface area contributed by atoms with Gasteiger partial charge in [-0.2, -0.15) is 0 Å². The van der Waals surface area contributed by atoms with Crippen LogP contribution in [-0.2, 0) is 16.0 Å². The van der Waals surface area contributed by atoms with Gasteiger partial charge in [0.25, 0.3) is 0 Å². The lowest BCUT2D eigenvalue weighted by molar-refractivity contribution is -0.142. The van der Waals surface area contributed by atoms with Gasteiger partial charge in [0, 0.05) is 13.0 Å². The Balaban J connectivity index is 2.01. The number of nitrogens with one attached hydrogen (secondary N) is 1. The van der Waals surface area contributed by atoms with Gasteiger partial charge < -0.3 is 15.3 Å². The maximum atomic E-state index is 13.6. The quantitative estimate of drug-likeness (QED) is 0.860. The average Bonchev–Trinajstić information content (AvgIpc) is 2.48. The van der Waals surface area contributed by atoms with Gasteiger partial charge in [-0.25, -0.2) is 9.18 Å². The van der Waals surface area contributed by atoms with Crippen molar-refractivity contribution in [2.75, 3.05) is 20.1 Å². The molecule has 0 bridgehead atoms. The summed E-state index contributed by atoms with van der Waals surface area (Å²) in [6.45, 7) is 1.57. The largest absolute Gasteiger partial charge is 0.480 e. The first-order valence-corrected chi connectivity index (χ1v) is 7.42. The standard InChI is InChI=1S/C16H21FN2O3/c1-19-8-4-6-12(10-19)15(20)18-14(16(21)22)9-11-5-2-3-7-13(11)17/h2-3,5,7,12,14H,4,6,8-10H2,1H3,(H,18,20)(H,21,22). The van der Waals surface area contributed by atoms with Gasteiger partial charge in [-0.15, -0.1) is 0 Å². The molecule has 5 nitrogen and oxygen atoms in total. The molecule has 0 aliphatic carbocycles. The van der Waals surface area contributed by atoms with E-state index in [1.54, 1.807) is 12.1 Å². The van der Waals surface area contributed by atoms with E-state index < -0.39 is 17.8 Å². The van der Waals surface area contributed by atoms with E-state index in [1.807, 2.05) is 7.05 Å². The summed E-state index contributed by atoms with van der Waals surface area (Å²) in [5.74, 6) is -2.09. The summed E-state index contributed by atoms with van der Waals surface area (Å²) >= 11 is 0. The van der Waals surface area contributed by atoms with E-state index >= 15 is 0 Å². The van der Waals surface area contributed by atoms with Crippen LogP contribution in [0.1, 0.15) is 18.4 Å². The van der Waals surface area contributed by atoms with Gasteiger partial charge >= 0.3 is 5.97 Å². The van der Waals surface area contributed by atoms with Crippen LogP contribution in [0, 0.1) is 11.7 Å². The highest BCUT2D eigenvalue weighted by molar-refractivity contribution is 5.85. The lowest BCUT2D eigenvalue weighted by Crippen LogP contribution is -2.48. The third kappa shape index (κ3) is 4.27. The first-order valence-electron chi connectivity index (χ1n) is 7.42. The Hall–Kier alpha value is -1.95. The summed E-state index contributed by atoms with van der Waals surface area (Å²) in [4.78, 5) is 25.6. The molecule has 1 amide bonds. The zero-order chi connectivity index (χ0) is 16.1. The molecule has 1 fully saturated rings. The molecule has 1 heterocycles. The number of aliphatic carboxylic acids is 1. The van der Waals surface area contributed by atoms with Crippen molar-refractivity contribution in [2.24, 2.45) is 5.92 Å². The Bertz CT molecular complexity index is 550. The first kappa shape index (κ1) is 16.4. The highest BCUT2D eigenvalue weighted by atomic mass is 19.1. The number of hydrogen-bond donors (Lipinski definition) is 2. The zero-order valence-corrected chi connectivity index (χ0v) is 12.6. The summed E-state index contributed by atoms with van der Waals surface area (Å²) in [6, 6.07) is 4.90. The topological polar surface area (TPSA) is 69.6 Å². The number of nitrogens with zero attached hydrogens (tertiary/aromatic N) is 1. The molecule has 120 valence electrons. The predicted molar refractivity (Wildman–Crippen MR) is 79.9 cm³/mol. The smallest absolute Gasteiger partial charge is 0.326 e. The fourth-order valence-electron chi connectivity index (χ4n) is 2.75. The molecule has 1 saturated heterocycles. The third-order valence-electron chi connectivity index (χ3n) is 3.99. The molecule has 6 heteroatoms. The van der Waals surface area contributed by atoms with Gasteiger partial charge in [0.15, 0.2) is 0 Å². The number of hydrogen-bond acceptors (Lipinski definition) is 3. The van der Waals surface area contributed by atoms with Crippen LogP contribution >= 0.6 is 0 Å². The summed E-state index contributed by atoms with van der Waals surface area (Å²) in [5.41, 5.74) is 0.288. The number of carboxylic acids is 1. The minimum Gasteiger partial charge on any atom is -0.480 e. The number of carbonyl (C=O) groups excluding carboxylic acids is 1. The number of carboxylic acid groups (broad SMARTS) is 1. The van der Waals surface area contributed by atoms with Crippen molar-refractivity contribution < 1.29 is 19.1 Å². The lowest BCUT2D eigenvalue weighted by atomic mass is 9.96. The fraction of sp³-hybridized carbons (Fsp3) is 0.500. The van der Waals surface area contributed by atoms with Crippen molar-refractivity contribution >= 4 is 11.9 Å². The Kier molecular flexibility index (Phi) is 5.49. The van der Waals surface area contributed by atoms with Crippen LogP contribution in [0.25, 0.3) is 0 Å². The van der Waals surface area contributed by atoms with Crippen molar-refractivity contribution in [3.05, 3.63) is 35.6 Å². The van der Waals surface area contributed by atoms with Crippen molar-refractivity contribution in [1.82, 2.24) is 10.2 Å². The number of likely N-dealkylation sites (tertiary alicyclic amines) is 1. The molecule has 0 saturated carbocycles. The summed E-state index contributed by atoms with van der Waals surface area (Å²) in [7, 11) is 1.94. The van der Waals surface area contributed by atoms with Crippen LogP contribution in [0.2, 0.25) is 0 Å². The number of piperidine rings is 1. The highest BCUT2D eigenvalue weighted by Crippen LogP contribution is 2.16. The van der Waals surface area contributed by atoms with Crippen LogP contribution < -0.4 is 5.32 Å². The Labute approximate surface area is 129 Å². The van der Waals surface area contributed by atoms with Crippen LogP contribution in [0.3, 0.4) is 0 Å². The minimum absolute atomic E-state index is 0.0592. The van der Waals surface area contributed by atoms with Crippen molar-refractivity contribution in [3.8, 4) is 0 Å². The fourth-order valence-corrected chi connectivity index (χ4v) is 2.75. The second-order valence-electron chi connectivity index (χ2n) is 5.80. The van der Waals surface area contributed by atoms with E-state index in [4.69, 9.17) is 0 Å². The molecule has 0 aromatic heterocycles. The predicted octanol–water partition coefficient (Wildman–Crippen LogP) is 1.28. The number of benzene rings is 1. The monoisotopic (exact) mass is 308 g/mol. The van der Waals surface area contributed by atoms with Gasteiger partial charge in [0.2, 0.25) is 5.91 Å². The van der Waals surface area contributed by atoms with Gasteiger partial charge in [0.1, 0.15) is 11.9 Å². The molecule has 1 aromatic rings. The zero-order valence-electron chi connectivity index (χ0n) is 12.6. The van der Waals surface area contributed by atoms with Crippen LogP contribution in [-0.4, -0.2) is 48.1 Å². The SMILES string of the molecule is CN1CCCC(C(=O)NC(Cc2ccccc2F)C(=O)O)C1. The van der Waals surface area contributed by atoms with Crippen LogP contribution in [0.15, 0.2) is 24.3 Å². The highest BCUT2D eigenvalue weighted by Gasteiger charge is 2.28. The first-order chi connectivity index (χ1) is 10.5. The summed E-state index contributed by atoms with van der Waals surface area (Å²) in [5, 5.41) is 11.8. The molecule has 2 atom stereocenters. The normalized spacial score (nSPS) is 20.4. The van der Waals surface area contributed by atoms with E-state index in [0.717, 1.165) is 19.4 Å². The van der Waals surface area contributed by atoms with E-state index in [9.17, 15) is 19.1 Å². The second-order valence-corrected chi connectivity index (χ2v) is 5.80. The molecule has 1 aromatic carbocycles. The number of amides is 1. The lowest BCUT2D eigenvalue weighted by Gasteiger charge is -2.29.